The molecule has 1 aliphatic heterocycles. The Balaban J connectivity index is 2.19. The quantitative estimate of drug-likeness (QED) is 0.822. The van der Waals surface area contributed by atoms with E-state index in [9.17, 15) is 4.79 Å². The van der Waals surface area contributed by atoms with Crippen molar-refractivity contribution >= 4 is 5.78 Å². The molecule has 4 heteroatoms. The summed E-state index contributed by atoms with van der Waals surface area (Å²) >= 11 is 0. The molecule has 2 rings (SSSR count). The lowest BCUT2D eigenvalue weighted by atomic mass is 10.1. The predicted octanol–water partition coefficient (Wildman–Crippen LogP) is 1.82. The number of likely N-dealkylation sites (tertiary alicyclic amines) is 1. The highest BCUT2D eigenvalue weighted by molar-refractivity contribution is 5.94. The Kier molecular flexibility index (Phi) is 4.56. The van der Waals surface area contributed by atoms with Crippen LogP contribution in [0.15, 0.2) is 18.2 Å². The van der Waals surface area contributed by atoms with Crippen molar-refractivity contribution < 1.29 is 9.53 Å². The third-order valence-electron chi connectivity index (χ3n) is 3.47. The standard InChI is InChI=1S/C15H22N2O2/c1-3-19-15-5-4-12(11(2)18)8-13(15)9-17-7-6-14(16)10-17/h4-5,8,14H,3,6-7,9-10,16H2,1-2H3/t14-/m1/s1. The van der Waals surface area contributed by atoms with E-state index in [2.05, 4.69) is 4.90 Å². The minimum absolute atomic E-state index is 0.0856. The summed E-state index contributed by atoms with van der Waals surface area (Å²) in [5.41, 5.74) is 7.74. The van der Waals surface area contributed by atoms with Crippen molar-refractivity contribution in [3.8, 4) is 5.75 Å². The summed E-state index contributed by atoms with van der Waals surface area (Å²) < 4.78 is 5.64. The Morgan fingerprint density at radius 3 is 2.89 bits per heavy atom. The van der Waals surface area contributed by atoms with E-state index in [0.29, 0.717) is 6.61 Å². The first-order valence-electron chi connectivity index (χ1n) is 6.84. The first-order chi connectivity index (χ1) is 9.10. The minimum Gasteiger partial charge on any atom is -0.494 e. The molecular formula is C15H22N2O2. The number of hydrogen-bond donors (Lipinski definition) is 1. The molecule has 0 aliphatic carbocycles. The highest BCUT2D eigenvalue weighted by Crippen LogP contribution is 2.24. The number of ether oxygens (including phenoxy) is 1. The van der Waals surface area contributed by atoms with Gasteiger partial charge in [-0.1, -0.05) is 0 Å². The van der Waals surface area contributed by atoms with Gasteiger partial charge in [0, 0.05) is 36.8 Å². The van der Waals surface area contributed by atoms with Crippen molar-refractivity contribution in [2.24, 2.45) is 5.73 Å². The van der Waals surface area contributed by atoms with E-state index in [1.54, 1.807) is 6.92 Å². The van der Waals surface area contributed by atoms with Crippen molar-refractivity contribution in [2.75, 3.05) is 19.7 Å². The Morgan fingerprint density at radius 1 is 1.53 bits per heavy atom. The van der Waals surface area contributed by atoms with Crippen LogP contribution in [0.25, 0.3) is 0 Å². The van der Waals surface area contributed by atoms with Crippen LogP contribution < -0.4 is 10.5 Å². The number of carbonyl (C=O) groups excluding carboxylic acids is 1. The molecule has 2 N–H and O–H groups in total. The van der Waals surface area contributed by atoms with Gasteiger partial charge < -0.3 is 10.5 Å². The van der Waals surface area contributed by atoms with Gasteiger partial charge in [-0.2, -0.15) is 0 Å². The molecule has 0 saturated carbocycles. The molecule has 104 valence electrons. The Labute approximate surface area is 114 Å². The van der Waals surface area contributed by atoms with Gasteiger partial charge in [-0.3, -0.25) is 9.69 Å². The first kappa shape index (κ1) is 14.0. The summed E-state index contributed by atoms with van der Waals surface area (Å²) in [7, 11) is 0. The smallest absolute Gasteiger partial charge is 0.159 e. The maximum atomic E-state index is 11.5. The van der Waals surface area contributed by atoms with E-state index in [1.165, 1.54) is 0 Å². The van der Waals surface area contributed by atoms with Crippen molar-refractivity contribution in [2.45, 2.75) is 32.9 Å². The second-order valence-electron chi connectivity index (χ2n) is 5.10. The number of nitrogens with zero attached hydrogens (tertiary/aromatic N) is 1. The van der Waals surface area contributed by atoms with Gasteiger partial charge in [-0.05, 0) is 38.5 Å². The van der Waals surface area contributed by atoms with Crippen LogP contribution in [0.3, 0.4) is 0 Å². The van der Waals surface area contributed by atoms with E-state index in [-0.39, 0.29) is 11.8 Å². The van der Waals surface area contributed by atoms with Crippen LogP contribution in [0.1, 0.15) is 36.2 Å². The molecule has 0 unspecified atom stereocenters. The summed E-state index contributed by atoms with van der Waals surface area (Å²) in [4.78, 5) is 13.8. The fourth-order valence-corrected chi connectivity index (χ4v) is 2.47. The molecule has 0 amide bonds. The van der Waals surface area contributed by atoms with Crippen LogP contribution in [-0.2, 0) is 6.54 Å². The van der Waals surface area contributed by atoms with Gasteiger partial charge in [0.25, 0.3) is 0 Å². The molecule has 19 heavy (non-hydrogen) atoms. The number of ketones is 1. The summed E-state index contributed by atoms with van der Waals surface area (Å²) in [6, 6.07) is 5.93. The third kappa shape index (κ3) is 3.55. The fraction of sp³-hybridized carbons (Fsp3) is 0.533. The topological polar surface area (TPSA) is 55.6 Å². The van der Waals surface area contributed by atoms with Gasteiger partial charge in [0.2, 0.25) is 0 Å². The second kappa shape index (κ2) is 6.17. The predicted molar refractivity (Wildman–Crippen MR) is 75.5 cm³/mol. The van der Waals surface area contributed by atoms with Crippen molar-refractivity contribution in [1.82, 2.24) is 4.90 Å². The van der Waals surface area contributed by atoms with E-state index in [4.69, 9.17) is 10.5 Å². The fourth-order valence-electron chi connectivity index (χ4n) is 2.47. The molecule has 1 atom stereocenters. The Morgan fingerprint density at radius 2 is 2.32 bits per heavy atom. The largest absolute Gasteiger partial charge is 0.494 e. The number of nitrogens with two attached hydrogens (primary N) is 1. The SMILES string of the molecule is CCOc1ccc(C(C)=O)cc1CN1CC[C@@H](N)C1. The average molecular weight is 262 g/mol. The van der Waals surface area contributed by atoms with E-state index >= 15 is 0 Å². The van der Waals surface area contributed by atoms with Crippen LogP contribution in [0.2, 0.25) is 0 Å². The van der Waals surface area contributed by atoms with Gasteiger partial charge in [-0.15, -0.1) is 0 Å². The number of benzene rings is 1. The van der Waals surface area contributed by atoms with Crippen molar-refractivity contribution in [3.05, 3.63) is 29.3 Å². The van der Waals surface area contributed by atoms with Gasteiger partial charge in [0.15, 0.2) is 5.78 Å². The van der Waals surface area contributed by atoms with Crippen molar-refractivity contribution in [3.63, 3.8) is 0 Å². The van der Waals surface area contributed by atoms with Gasteiger partial charge >= 0.3 is 0 Å². The van der Waals surface area contributed by atoms with Crippen LogP contribution in [0.4, 0.5) is 0 Å². The van der Waals surface area contributed by atoms with Crippen LogP contribution in [0.5, 0.6) is 5.75 Å². The maximum Gasteiger partial charge on any atom is 0.159 e. The van der Waals surface area contributed by atoms with E-state index < -0.39 is 0 Å². The summed E-state index contributed by atoms with van der Waals surface area (Å²) in [5, 5.41) is 0. The molecule has 0 radical (unpaired) electrons. The molecule has 1 heterocycles. The molecule has 0 bridgehead atoms. The highest BCUT2D eigenvalue weighted by Gasteiger charge is 2.20. The number of carbonyl (C=O) groups is 1. The van der Waals surface area contributed by atoms with E-state index in [1.807, 2.05) is 25.1 Å². The van der Waals surface area contributed by atoms with Crippen LogP contribution in [0, 0.1) is 0 Å². The molecule has 0 spiro atoms. The Hall–Kier alpha value is -1.39. The zero-order valence-corrected chi connectivity index (χ0v) is 11.7. The summed E-state index contributed by atoms with van der Waals surface area (Å²) in [6.07, 6.45) is 1.04. The zero-order chi connectivity index (χ0) is 13.8. The number of hydrogen-bond acceptors (Lipinski definition) is 4. The molecule has 1 aliphatic rings. The maximum absolute atomic E-state index is 11.5. The summed E-state index contributed by atoms with van der Waals surface area (Å²) in [6.45, 7) is 6.91. The third-order valence-corrected chi connectivity index (χ3v) is 3.47. The lowest BCUT2D eigenvalue weighted by Gasteiger charge is -2.18. The van der Waals surface area contributed by atoms with Gasteiger partial charge in [0.1, 0.15) is 5.75 Å². The van der Waals surface area contributed by atoms with Crippen molar-refractivity contribution in [1.29, 1.82) is 0 Å². The lowest BCUT2D eigenvalue weighted by molar-refractivity contribution is 0.101. The van der Waals surface area contributed by atoms with E-state index in [0.717, 1.165) is 42.9 Å². The monoisotopic (exact) mass is 262 g/mol. The number of rotatable bonds is 5. The molecule has 1 aromatic carbocycles. The summed E-state index contributed by atoms with van der Waals surface area (Å²) in [5.74, 6) is 0.954. The molecule has 4 nitrogen and oxygen atoms in total. The zero-order valence-electron chi connectivity index (χ0n) is 11.7. The first-order valence-corrected chi connectivity index (χ1v) is 6.84. The van der Waals surface area contributed by atoms with Crippen LogP contribution in [-0.4, -0.2) is 36.4 Å². The van der Waals surface area contributed by atoms with Gasteiger partial charge in [-0.25, -0.2) is 0 Å². The molecule has 1 saturated heterocycles. The van der Waals surface area contributed by atoms with Gasteiger partial charge in [0.05, 0.1) is 6.61 Å². The second-order valence-corrected chi connectivity index (χ2v) is 5.10. The minimum atomic E-state index is 0.0856. The van der Waals surface area contributed by atoms with Crippen LogP contribution >= 0.6 is 0 Å². The molecular weight excluding hydrogens is 240 g/mol. The average Bonchev–Trinajstić information content (AvgIpc) is 2.77. The highest BCUT2D eigenvalue weighted by atomic mass is 16.5. The molecule has 1 aromatic rings. The molecule has 0 aromatic heterocycles. The molecule has 1 fully saturated rings. The lowest BCUT2D eigenvalue weighted by Crippen LogP contribution is -2.26. The Bertz CT molecular complexity index is 459. The normalized spacial score (nSPS) is 19.6. The number of Topliss-reactive ketones (excluding diaryl/α,β-unsaturated/α-hetero) is 1.